The Kier molecular flexibility index (Phi) is 24.2. The maximum absolute atomic E-state index is 11.9. The molecule has 2 N–H and O–H groups in total. The quantitative estimate of drug-likeness (QED) is 0.0733. The molecule has 0 aliphatic heterocycles. The van der Waals surface area contributed by atoms with Crippen LogP contribution in [0.3, 0.4) is 0 Å². The van der Waals surface area contributed by atoms with Gasteiger partial charge in [0.25, 0.3) is 7.82 Å². The first kappa shape index (κ1) is 36.5. The van der Waals surface area contributed by atoms with Gasteiger partial charge in [0.1, 0.15) is 13.2 Å². The highest BCUT2D eigenvalue weighted by Gasteiger charge is 2.17. The lowest BCUT2D eigenvalue weighted by atomic mass is 10.0. The van der Waals surface area contributed by atoms with Gasteiger partial charge in [-0.25, -0.2) is 0 Å². The van der Waals surface area contributed by atoms with Crippen LogP contribution in [0.5, 0.6) is 0 Å². The minimum absolute atomic E-state index is 0.0111. The van der Waals surface area contributed by atoms with E-state index in [-0.39, 0.29) is 25.7 Å². The molecule has 1 amide bonds. The number of nitrogens with one attached hydrogen (secondary N) is 1. The molecule has 1 unspecified atom stereocenters. The zero-order valence-electron chi connectivity index (χ0n) is 24.4. The minimum Gasteiger partial charge on any atom is -0.756 e. The summed E-state index contributed by atoms with van der Waals surface area (Å²) in [4.78, 5) is 23.8. The standard InChI is InChI=1S/C28H59N2O6P/c1-4-5-6-7-8-9-10-11-12-13-14-15-16-17-18-21-28(32)29-22-19-26-35-37(33,34)36-27-24-30(2,3)23-20-25-31/h31H,4-27H2,1-3H3,(H-,29,32,33,34). The molecule has 0 aliphatic rings. The van der Waals surface area contributed by atoms with Gasteiger partial charge in [-0.3, -0.25) is 9.36 Å². The smallest absolute Gasteiger partial charge is 0.268 e. The third-order valence-electron chi connectivity index (χ3n) is 6.77. The molecule has 0 aromatic carbocycles. The van der Waals surface area contributed by atoms with Crippen LogP contribution in [0.4, 0.5) is 0 Å². The van der Waals surface area contributed by atoms with Crippen molar-refractivity contribution in [3.63, 3.8) is 0 Å². The lowest BCUT2D eigenvalue weighted by Gasteiger charge is -2.31. The molecule has 0 aromatic rings. The largest absolute Gasteiger partial charge is 0.756 e. The molecule has 0 saturated carbocycles. The first-order valence-electron chi connectivity index (χ1n) is 15.0. The van der Waals surface area contributed by atoms with Crippen molar-refractivity contribution in [3.05, 3.63) is 0 Å². The van der Waals surface area contributed by atoms with Crippen molar-refractivity contribution in [2.45, 2.75) is 122 Å². The Balaban J connectivity index is 3.49. The van der Waals surface area contributed by atoms with Gasteiger partial charge in [0.15, 0.2) is 0 Å². The van der Waals surface area contributed by atoms with Crippen LogP contribution in [-0.2, 0) is 18.4 Å². The number of aliphatic hydroxyl groups is 1. The molecule has 9 heteroatoms. The third-order valence-corrected chi connectivity index (χ3v) is 7.77. The summed E-state index contributed by atoms with van der Waals surface area (Å²) in [7, 11) is -0.425. The Morgan fingerprint density at radius 3 is 1.76 bits per heavy atom. The number of nitrogens with zero attached hydrogens (tertiary/aromatic N) is 1. The van der Waals surface area contributed by atoms with E-state index in [1.807, 2.05) is 14.1 Å². The second-order valence-corrected chi connectivity index (χ2v) is 12.4. The van der Waals surface area contributed by atoms with Gasteiger partial charge in [0.2, 0.25) is 5.91 Å². The first-order chi connectivity index (χ1) is 17.7. The molecule has 0 aromatic heterocycles. The van der Waals surface area contributed by atoms with Gasteiger partial charge in [-0.2, -0.15) is 0 Å². The Hall–Kier alpha value is -0.500. The van der Waals surface area contributed by atoms with Gasteiger partial charge in [0.05, 0.1) is 27.2 Å². The van der Waals surface area contributed by atoms with Crippen LogP contribution in [-0.4, -0.2) is 69.0 Å². The van der Waals surface area contributed by atoms with Gasteiger partial charge in [-0.1, -0.05) is 96.8 Å². The maximum atomic E-state index is 11.9. The van der Waals surface area contributed by atoms with E-state index >= 15 is 0 Å². The van der Waals surface area contributed by atoms with Crippen LogP contribution in [0.15, 0.2) is 0 Å². The molecule has 0 saturated heterocycles. The second kappa shape index (κ2) is 24.5. The van der Waals surface area contributed by atoms with Crippen LogP contribution >= 0.6 is 7.82 Å². The number of phosphoric acid groups is 1. The van der Waals surface area contributed by atoms with Crippen molar-refractivity contribution in [1.29, 1.82) is 0 Å². The normalized spacial score (nSPS) is 13.5. The number of hydrogen-bond donors (Lipinski definition) is 2. The van der Waals surface area contributed by atoms with Crippen molar-refractivity contribution in [2.75, 3.05) is 53.6 Å². The predicted octanol–water partition coefficient (Wildman–Crippen LogP) is 5.71. The van der Waals surface area contributed by atoms with E-state index in [0.29, 0.717) is 36.8 Å². The molecule has 0 aliphatic carbocycles. The summed E-state index contributed by atoms with van der Waals surface area (Å²) >= 11 is 0. The van der Waals surface area contributed by atoms with E-state index in [9.17, 15) is 14.3 Å². The van der Waals surface area contributed by atoms with Gasteiger partial charge in [0, 0.05) is 26.0 Å². The van der Waals surface area contributed by atoms with Gasteiger partial charge in [-0.05, 0) is 12.8 Å². The number of amides is 1. The maximum Gasteiger partial charge on any atom is 0.268 e. The summed E-state index contributed by atoms with van der Waals surface area (Å²) in [6, 6.07) is 0. The molecule has 0 bridgehead atoms. The molecule has 0 rings (SSSR count). The molecule has 0 heterocycles. The molecule has 0 spiro atoms. The number of unbranched alkanes of at least 4 members (excludes halogenated alkanes) is 14. The van der Waals surface area contributed by atoms with Crippen LogP contribution in [0.2, 0.25) is 0 Å². The summed E-state index contributed by atoms with van der Waals surface area (Å²) in [5.41, 5.74) is 0. The fourth-order valence-corrected chi connectivity index (χ4v) is 5.00. The number of aliphatic hydroxyl groups excluding tert-OH is 1. The van der Waals surface area contributed by atoms with Crippen LogP contribution in [0.1, 0.15) is 122 Å². The summed E-state index contributed by atoms with van der Waals surface area (Å²) in [6.07, 6.45) is 21.1. The Morgan fingerprint density at radius 2 is 1.24 bits per heavy atom. The average molecular weight is 551 g/mol. The van der Waals surface area contributed by atoms with Crippen LogP contribution < -0.4 is 10.2 Å². The van der Waals surface area contributed by atoms with Crippen molar-refractivity contribution >= 4 is 13.7 Å². The molecule has 8 nitrogen and oxygen atoms in total. The molecule has 0 fully saturated rings. The van der Waals surface area contributed by atoms with Crippen molar-refractivity contribution in [1.82, 2.24) is 5.32 Å². The van der Waals surface area contributed by atoms with E-state index in [4.69, 9.17) is 14.2 Å². The van der Waals surface area contributed by atoms with Crippen molar-refractivity contribution < 1.29 is 32.9 Å². The fraction of sp³-hybridized carbons (Fsp3) is 0.964. The molecular formula is C28H59N2O6P. The number of quaternary nitrogens is 1. The van der Waals surface area contributed by atoms with E-state index in [1.54, 1.807) is 0 Å². The lowest BCUT2D eigenvalue weighted by Crippen LogP contribution is -2.43. The zero-order valence-corrected chi connectivity index (χ0v) is 25.2. The zero-order chi connectivity index (χ0) is 27.7. The predicted molar refractivity (Wildman–Crippen MR) is 150 cm³/mol. The number of likely N-dealkylation sites (N-methyl/N-ethyl adjacent to an activating group) is 1. The first-order valence-corrected chi connectivity index (χ1v) is 16.5. The van der Waals surface area contributed by atoms with Crippen molar-refractivity contribution in [2.24, 2.45) is 0 Å². The van der Waals surface area contributed by atoms with Crippen molar-refractivity contribution in [3.8, 4) is 0 Å². The number of carbonyl (C=O) groups excluding carboxylic acids is 1. The van der Waals surface area contributed by atoms with Crippen LogP contribution in [0, 0.1) is 0 Å². The Labute approximate surface area is 228 Å². The van der Waals surface area contributed by atoms with Gasteiger partial charge >= 0.3 is 0 Å². The number of phosphoric ester groups is 1. The molecule has 0 radical (unpaired) electrons. The molecule has 1 atom stereocenters. The highest BCUT2D eigenvalue weighted by molar-refractivity contribution is 7.45. The minimum atomic E-state index is -4.34. The molecule has 222 valence electrons. The summed E-state index contributed by atoms with van der Waals surface area (Å²) in [5, 5.41) is 11.7. The summed E-state index contributed by atoms with van der Waals surface area (Å²) < 4.78 is 22.2. The number of carbonyl (C=O) groups is 1. The number of rotatable bonds is 28. The van der Waals surface area contributed by atoms with Gasteiger partial charge in [-0.15, -0.1) is 0 Å². The SMILES string of the molecule is CCCCCCCCCCCCCCCCCC(=O)NCCCOP(=O)([O-])OCC[N+](C)(C)CCCO. The highest BCUT2D eigenvalue weighted by atomic mass is 31.2. The van der Waals surface area contributed by atoms with Gasteiger partial charge < -0.3 is 28.8 Å². The van der Waals surface area contributed by atoms with E-state index in [1.165, 1.54) is 83.5 Å². The van der Waals surface area contributed by atoms with E-state index in [2.05, 4.69) is 12.2 Å². The Bertz CT molecular complexity index is 577. The Morgan fingerprint density at radius 1 is 0.757 bits per heavy atom. The summed E-state index contributed by atoms with van der Waals surface area (Å²) in [5.74, 6) is 0.0131. The van der Waals surface area contributed by atoms with E-state index < -0.39 is 7.82 Å². The summed E-state index contributed by atoms with van der Waals surface area (Å²) in [6.45, 7) is 4.04. The second-order valence-electron chi connectivity index (χ2n) is 11.0. The monoisotopic (exact) mass is 550 g/mol. The average Bonchev–Trinajstić information content (AvgIpc) is 2.84. The molecule has 37 heavy (non-hydrogen) atoms. The fourth-order valence-electron chi connectivity index (χ4n) is 4.27. The lowest BCUT2D eigenvalue weighted by molar-refractivity contribution is -0.890. The topological polar surface area (TPSA) is 108 Å². The highest BCUT2D eigenvalue weighted by Crippen LogP contribution is 2.38. The number of hydrogen-bond acceptors (Lipinski definition) is 6. The van der Waals surface area contributed by atoms with Crippen LogP contribution in [0.25, 0.3) is 0 Å². The third kappa shape index (κ3) is 26.9. The van der Waals surface area contributed by atoms with E-state index in [0.717, 1.165) is 19.4 Å². The molecular weight excluding hydrogens is 491 g/mol.